The highest BCUT2D eigenvalue weighted by molar-refractivity contribution is 5.99. The van der Waals surface area contributed by atoms with Crippen LogP contribution >= 0.6 is 0 Å². The molecule has 1 aromatic heterocycles. The normalized spacial score (nSPS) is 10.5. The average molecular weight is 334 g/mol. The molecule has 1 heterocycles. The molecule has 2 N–H and O–H groups in total. The Morgan fingerprint density at radius 2 is 1.84 bits per heavy atom. The van der Waals surface area contributed by atoms with Crippen LogP contribution in [0.1, 0.15) is 27.2 Å². The number of nitrogens with one attached hydrogen (secondary N) is 2. The van der Waals surface area contributed by atoms with E-state index in [1.165, 1.54) is 5.56 Å². The number of nitrogens with zero attached hydrogens (tertiary/aromatic N) is 2. The van der Waals surface area contributed by atoms with Crippen molar-refractivity contribution >= 4 is 11.6 Å². The van der Waals surface area contributed by atoms with Crippen molar-refractivity contribution in [2.24, 2.45) is 7.05 Å². The van der Waals surface area contributed by atoms with Crippen molar-refractivity contribution in [1.29, 1.82) is 0 Å². The maximum Gasteiger partial charge on any atom is 0.253 e. The van der Waals surface area contributed by atoms with Crippen LogP contribution in [0.25, 0.3) is 0 Å². The lowest BCUT2D eigenvalue weighted by molar-refractivity contribution is 0.0951. The molecule has 0 unspecified atom stereocenters. The lowest BCUT2D eigenvalue weighted by Crippen LogP contribution is -2.24. The number of hydrogen-bond acceptors (Lipinski definition) is 3. The van der Waals surface area contributed by atoms with Crippen molar-refractivity contribution in [3.8, 4) is 0 Å². The van der Waals surface area contributed by atoms with Crippen LogP contribution in [0.3, 0.4) is 0 Å². The molecular formula is C20H22N4O. The summed E-state index contributed by atoms with van der Waals surface area (Å²) in [5.41, 5.74) is 4.79. The standard InChI is InChI=1S/C20H22N4O/c1-15-7-9-16(10-8-15)11-23-20(25)18-5-3-4-6-19(18)22-13-17-12-21-14-24(17)2/h3-10,12,14,22H,11,13H2,1-2H3,(H,23,25). The van der Waals surface area contributed by atoms with Gasteiger partial charge in [0.05, 0.1) is 24.1 Å². The highest BCUT2D eigenvalue weighted by atomic mass is 16.1. The molecule has 0 saturated carbocycles. The van der Waals surface area contributed by atoms with Gasteiger partial charge in [-0.25, -0.2) is 4.98 Å². The lowest BCUT2D eigenvalue weighted by Gasteiger charge is -2.12. The predicted molar refractivity (Wildman–Crippen MR) is 99.3 cm³/mol. The third-order valence-electron chi connectivity index (χ3n) is 4.12. The van der Waals surface area contributed by atoms with E-state index in [4.69, 9.17) is 0 Å². The van der Waals surface area contributed by atoms with E-state index in [2.05, 4.69) is 15.6 Å². The second kappa shape index (κ2) is 7.66. The molecule has 1 amide bonds. The van der Waals surface area contributed by atoms with Crippen molar-refractivity contribution in [2.45, 2.75) is 20.0 Å². The minimum absolute atomic E-state index is 0.0892. The third kappa shape index (κ3) is 4.26. The van der Waals surface area contributed by atoms with Crippen LogP contribution < -0.4 is 10.6 Å². The SMILES string of the molecule is Cc1ccc(CNC(=O)c2ccccc2NCc2cncn2C)cc1. The summed E-state index contributed by atoms with van der Waals surface area (Å²) < 4.78 is 1.95. The van der Waals surface area contributed by atoms with E-state index in [-0.39, 0.29) is 5.91 Å². The van der Waals surface area contributed by atoms with Crippen molar-refractivity contribution in [3.05, 3.63) is 83.4 Å². The van der Waals surface area contributed by atoms with Gasteiger partial charge in [0.25, 0.3) is 5.91 Å². The number of benzene rings is 2. The molecule has 0 aliphatic heterocycles. The summed E-state index contributed by atoms with van der Waals surface area (Å²) in [5.74, 6) is -0.0892. The summed E-state index contributed by atoms with van der Waals surface area (Å²) in [5, 5.41) is 6.30. The maximum atomic E-state index is 12.6. The van der Waals surface area contributed by atoms with Crippen LogP contribution in [0, 0.1) is 6.92 Å². The number of anilines is 1. The zero-order valence-electron chi connectivity index (χ0n) is 14.5. The molecule has 0 fully saturated rings. The molecule has 5 nitrogen and oxygen atoms in total. The quantitative estimate of drug-likeness (QED) is 0.727. The summed E-state index contributed by atoms with van der Waals surface area (Å²) in [7, 11) is 1.95. The first-order valence-electron chi connectivity index (χ1n) is 8.25. The highest BCUT2D eigenvalue weighted by Gasteiger charge is 2.11. The van der Waals surface area contributed by atoms with E-state index >= 15 is 0 Å². The fraction of sp³-hybridized carbons (Fsp3) is 0.200. The van der Waals surface area contributed by atoms with Gasteiger partial charge in [-0.15, -0.1) is 0 Å². The van der Waals surface area contributed by atoms with Gasteiger partial charge in [0, 0.05) is 25.5 Å². The number of carbonyl (C=O) groups is 1. The van der Waals surface area contributed by atoms with Gasteiger partial charge in [-0.3, -0.25) is 4.79 Å². The van der Waals surface area contributed by atoms with Gasteiger partial charge in [0.1, 0.15) is 0 Å². The maximum absolute atomic E-state index is 12.6. The number of hydrogen-bond donors (Lipinski definition) is 2. The zero-order valence-corrected chi connectivity index (χ0v) is 14.5. The van der Waals surface area contributed by atoms with Gasteiger partial charge >= 0.3 is 0 Å². The largest absolute Gasteiger partial charge is 0.379 e. The smallest absolute Gasteiger partial charge is 0.253 e. The van der Waals surface area contributed by atoms with Crippen LogP contribution in [0.15, 0.2) is 61.1 Å². The second-order valence-corrected chi connectivity index (χ2v) is 6.06. The van der Waals surface area contributed by atoms with Crippen molar-refractivity contribution in [3.63, 3.8) is 0 Å². The van der Waals surface area contributed by atoms with Gasteiger partial charge in [-0.1, -0.05) is 42.0 Å². The first-order chi connectivity index (χ1) is 12.1. The fourth-order valence-corrected chi connectivity index (χ4v) is 2.56. The van der Waals surface area contributed by atoms with E-state index < -0.39 is 0 Å². The average Bonchev–Trinajstić information content (AvgIpc) is 3.04. The second-order valence-electron chi connectivity index (χ2n) is 6.06. The number of aryl methyl sites for hydroxylation is 2. The van der Waals surface area contributed by atoms with Crippen molar-refractivity contribution in [2.75, 3.05) is 5.32 Å². The Hall–Kier alpha value is -3.08. The predicted octanol–water partition coefficient (Wildman–Crippen LogP) is 3.27. The summed E-state index contributed by atoms with van der Waals surface area (Å²) in [6, 6.07) is 15.7. The lowest BCUT2D eigenvalue weighted by atomic mass is 10.1. The molecule has 0 atom stereocenters. The van der Waals surface area contributed by atoms with Crippen molar-refractivity contribution < 1.29 is 4.79 Å². The Labute approximate surface area is 147 Å². The number of amides is 1. The molecule has 0 saturated heterocycles. The van der Waals surface area contributed by atoms with Crippen LogP contribution in [-0.2, 0) is 20.1 Å². The number of carbonyl (C=O) groups excluding carboxylic acids is 1. The third-order valence-corrected chi connectivity index (χ3v) is 4.12. The molecule has 25 heavy (non-hydrogen) atoms. The minimum Gasteiger partial charge on any atom is -0.379 e. The Kier molecular flexibility index (Phi) is 5.14. The minimum atomic E-state index is -0.0892. The van der Waals surface area contributed by atoms with Gasteiger partial charge in [-0.05, 0) is 24.6 Å². The van der Waals surface area contributed by atoms with E-state index in [1.54, 1.807) is 6.33 Å². The highest BCUT2D eigenvalue weighted by Crippen LogP contribution is 2.16. The summed E-state index contributed by atoms with van der Waals surface area (Å²) in [6.45, 7) is 3.17. The topological polar surface area (TPSA) is 59.0 Å². The molecule has 128 valence electrons. The Morgan fingerprint density at radius 3 is 2.56 bits per heavy atom. The number of para-hydroxylation sites is 1. The number of imidazole rings is 1. The molecule has 0 bridgehead atoms. The molecule has 0 aliphatic rings. The molecule has 2 aromatic carbocycles. The van der Waals surface area contributed by atoms with Gasteiger partial charge in [-0.2, -0.15) is 0 Å². The summed E-state index contributed by atoms with van der Waals surface area (Å²) in [6.07, 6.45) is 3.57. The number of aromatic nitrogens is 2. The van der Waals surface area contributed by atoms with E-state index in [0.717, 1.165) is 16.9 Å². The van der Waals surface area contributed by atoms with E-state index in [0.29, 0.717) is 18.7 Å². The molecule has 0 radical (unpaired) electrons. The Morgan fingerprint density at radius 1 is 1.08 bits per heavy atom. The van der Waals surface area contributed by atoms with Crippen molar-refractivity contribution in [1.82, 2.24) is 14.9 Å². The van der Waals surface area contributed by atoms with Crippen LogP contribution in [0.2, 0.25) is 0 Å². The van der Waals surface area contributed by atoms with Gasteiger partial charge in [0.15, 0.2) is 0 Å². The van der Waals surface area contributed by atoms with E-state index in [1.807, 2.05) is 73.3 Å². The summed E-state index contributed by atoms with van der Waals surface area (Å²) >= 11 is 0. The molecule has 3 aromatic rings. The molecule has 3 rings (SSSR count). The number of rotatable bonds is 6. The van der Waals surface area contributed by atoms with E-state index in [9.17, 15) is 4.79 Å². The Balaban J connectivity index is 1.65. The molecule has 5 heteroatoms. The van der Waals surface area contributed by atoms with Crippen LogP contribution in [0.4, 0.5) is 5.69 Å². The zero-order chi connectivity index (χ0) is 17.6. The monoisotopic (exact) mass is 334 g/mol. The molecule has 0 spiro atoms. The van der Waals surface area contributed by atoms with Crippen LogP contribution in [-0.4, -0.2) is 15.5 Å². The van der Waals surface area contributed by atoms with Gasteiger partial charge in [0.2, 0.25) is 0 Å². The van der Waals surface area contributed by atoms with Gasteiger partial charge < -0.3 is 15.2 Å². The summed E-state index contributed by atoms with van der Waals surface area (Å²) in [4.78, 5) is 16.7. The first kappa shape index (κ1) is 16.8. The van der Waals surface area contributed by atoms with Crippen LogP contribution in [0.5, 0.6) is 0 Å². The molecule has 0 aliphatic carbocycles. The molecular weight excluding hydrogens is 312 g/mol. The Bertz CT molecular complexity index is 852. The first-order valence-corrected chi connectivity index (χ1v) is 8.25. The fourth-order valence-electron chi connectivity index (χ4n) is 2.56.